The highest BCUT2D eigenvalue weighted by Crippen LogP contribution is 2.24. The average molecular weight is 429 g/mol. The van der Waals surface area contributed by atoms with Crippen molar-refractivity contribution in [1.82, 2.24) is 24.6 Å². The number of fused-ring (bicyclic) bond motifs is 3. The second kappa shape index (κ2) is 7.00. The molecule has 9 heteroatoms. The van der Waals surface area contributed by atoms with Crippen molar-refractivity contribution in [1.29, 1.82) is 0 Å². The van der Waals surface area contributed by atoms with Crippen LogP contribution in [0.1, 0.15) is 5.82 Å². The fourth-order valence-electron chi connectivity index (χ4n) is 2.49. The Kier molecular flexibility index (Phi) is 4.56. The molecule has 3 aromatic heterocycles. The van der Waals surface area contributed by atoms with E-state index in [1.165, 1.54) is 11.8 Å². The first-order chi connectivity index (χ1) is 12.6. The number of aryl methyl sites for hydroxylation is 1. The quantitative estimate of drug-likeness (QED) is 0.395. The van der Waals surface area contributed by atoms with Gasteiger partial charge in [0.05, 0.1) is 11.3 Å². The zero-order chi connectivity index (χ0) is 18.1. The van der Waals surface area contributed by atoms with Crippen LogP contribution in [-0.4, -0.2) is 36.2 Å². The van der Waals surface area contributed by atoms with E-state index < -0.39 is 0 Å². The van der Waals surface area contributed by atoms with Crippen LogP contribution in [0.25, 0.3) is 16.6 Å². The number of carbonyl (C=O) groups is 1. The van der Waals surface area contributed by atoms with Crippen LogP contribution in [0, 0.1) is 6.92 Å². The number of pyridine rings is 1. The number of hydrogen-bond donors (Lipinski definition) is 1. The maximum absolute atomic E-state index is 12.2. The van der Waals surface area contributed by atoms with Crippen molar-refractivity contribution < 1.29 is 4.79 Å². The lowest BCUT2D eigenvalue weighted by Gasteiger charge is -2.07. The van der Waals surface area contributed by atoms with Crippen molar-refractivity contribution in [3.63, 3.8) is 0 Å². The number of halogens is 1. The molecule has 0 aliphatic carbocycles. The van der Waals surface area contributed by atoms with Crippen LogP contribution in [-0.2, 0) is 4.79 Å². The molecular formula is C17H13BrN6OS. The van der Waals surface area contributed by atoms with Crippen molar-refractivity contribution in [2.45, 2.75) is 12.1 Å². The van der Waals surface area contributed by atoms with Gasteiger partial charge in [-0.25, -0.2) is 15.0 Å². The topological polar surface area (TPSA) is 85.1 Å². The fraction of sp³-hybridized carbons (Fsp3) is 0.118. The van der Waals surface area contributed by atoms with Crippen LogP contribution in [0.5, 0.6) is 0 Å². The summed E-state index contributed by atoms with van der Waals surface area (Å²) < 4.78 is 2.54. The zero-order valence-corrected chi connectivity index (χ0v) is 16.1. The zero-order valence-electron chi connectivity index (χ0n) is 13.7. The van der Waals surface area contributed by atoms with Gasteiger partial charge in [-0.05, 0) is 47.1 Å². The van der Waals surface area contributed by atoms with E-state index >= 15 is 0 Å². The molecule has 1 aromatic carbocycles. The summed E-state index contributed by atoms with van der Waals surface area (Å²) in [6.07, 6.45) is 1.63. The van der Waals surface area contributed by atoms with E-state index in [0.717, 1.165) is 21.0 Å². The Labute approximate surface area is 161 Å². The van der Waals surface area contributed by atoms with E-state index in [1.54, 1.807) is 16.8 Å². The van der Waals surface area contributed by atoms with Crippen LogP contribution in [0.3, 0.4) is 0 Å². The molecule has 0 atom stereocenters. The molecule has 0 radical (unpaired) electrons. The highest BCUT2D eigenvalue weighted by atomic mass is 79.9. The molecule has 3 heterocycles. The summed E-state index contributed by atoms with van der Waals surface area (Å²) in [7, 11) is 0. The molecule has 26 heavy (non-hydrogen) atoms. The maximum Gasteiger partial charge on any atom is 0.236 e. The minimum Gasteiger partial charge on any atom is -0.310 e. The van der Waals surface area contributed by atoms with E-state index in [2.05, 4.69) is 41.3 Å². The van der Waals surface area contributed by atoms with E-state index in [4.69, 9.17) is 0 Å². The van der Waals surface area contributed by atoms with Crippen LogP contribution < -0.4 is 5.32 Å². The molecular weight excluding hydrogens is 416 g/mol. The fourth-order valence-corrected chi connectivity index (χ4v) is 3.46. The van der Waals surface area contributed by atoms with Crippen molar-refractivity contribution in [2.24, 2.45) is 0 Å². The monoisotopic (exact) mass is 428 g/mol. The van der Waals surface area contributed by atoms with Crippen LogP contribution in [0.4, 0.5) is 5.82 Å². The van der Waals surface area contributed by atoms with Crippen LogP contribution >= 0.6 is 27.7 Å². The molecule has 0 bridgehead atoms. The minimum atomic E-state index is -0.162. The maximum atomic E-state index is 12.2. The summed E-state index contributed by atoms with van der Waals surface area (Å²) >= 11 is 4.62. The van der Waals surface area contributed by atoms with Gasteiger partial charge >= 0.3 is 0 Å². The first-order valence-corrected chi connectivity index (χ1v) is 9.54. The van der Waals surface area contributed by atoms with Gasteiger partial charge in [-0.1, -0.05) is 23.9 Å². The molecule has 4 rings (SSSR count). The van der Waals surface area contributed by atoms with Crippen molar-refractivity contribution in [3.05, 3.63) is 52.9 Å². The predicted octanol–water partition coefficient (Wildman–Crippen LogP) is 3.47. The smallest absolute Gasteiger partial charge is 0.236 e. The summed E-state index contributed by atoms with van der Waals surface area (Å²) in [5, 5.41) is 8.73. The molecule has 1 N–H and O–H groups in total. The van der Waals surface area contributed by atoms with Gasteiger partial charge in [0.15, 0.2) is 10.8 Å². The standard InChI is InChI=1S/C17H13BrN6OS/c1-10-20-16-12-4-2-3-5-13(12)21-17(24(16)23-10)26-9-15(25)22-14-7-6-11(18)8-19-14/h2-8H,9H2,1H3,(H,19,22,25). The number of aromatic nitrogens is 5. The highest BCUT2D eigenvalue weighted by Gasteiger charge is 2.14. The molecule has 0 fully saturated rings. The van der Waals surface area contributed by atoms with E-state index in [9.17, 15) is 4.79 Å². The molecule has 0 aliphatic rings. The van der Waals surface area contributed by atoms with Crippen molar-refractivity contribution >= 4 is 56.0 Å². The third-order valence-electron chi connectivity index (χ3n) is 3.58. The van der Waals surface area contributed by atoms with Crippen molar-refractivity contribution in [2.75, 3.05) is 11.1 Å². The van der Waals surface area contributed by atoms with Gasteiger partial charge in [-0.2, -0.15) is 4.52 Å². The lowest BCUT2D eigenvalue weighted by molar-refractivity contribution is -0.113. The number of para-hydroxylation sites is 1. The molecule has 4 aromatic rings. The number of carbonyl (C=O) groups excluding carboxylic acids is 1. The Hall–Kier alpha value is -2.52. The third-order valence-corrected chi connectivity index (χ3v) is 4.98. The molecule has 0 spiro atoms. The van der Waals surface area contributed by atoms with E-state index in [-0.39, 0.29) is 11.7 Å². The number of hydrogen-bond acceptors (Lipinski definition) is 6. The lowest BCUT2D eigenvalue weighted by atomic mass is 10.2. The summed E-state index contributed by atoms with van der Waals surface area (Å²) in [6.45, 7) is 1.84. The molecule has 130 valence electrons. The summed E-state index contributed by atoms with van der Waals surface area (Å²) in [6, 6.07) is 11.3. The predicted molar refractivity (Wildman–Crippen MR) is 104 cm³/mol. The normalized spacial score (nSPS) is 11.2. The Morgan fingerprint density at radius 3 is 2.88 bits per heavy atom. The molecule has 7 nitrogen and oxygen atoms in total. The first kappa shape index (κ1) is 16.9. The van der Waals surface area contributed by atoms with E-state index in [1.807, 2.05) is 37.3 Å². The largest absolute Gasteiger partial charge is 0.310 e. The average Bonchev–Trinajstić information content (AvgIpc) is 3.03. The Morgan fingerprint density at radius 2 is 2.08 bits per heavy atom. The summed E-state index contributed by atoms with van der Waals surface area (Å²) in [5.74, 6) is 1.20. The first-order valence-electron chi connectivity index (χ1n) is 7.76. The Morgan fingerprint density at radius 1 is 1.23 bits per heavy atom. The number of rotatable bonds is 4. The van der Waals surface area contributed by atoms with Gasteiger partial charge in [-0.3, -0.25) is 4.79 Å². The Balaban J connectivity index is 1.58. The number of nitrogens with one attached hydrogen (secondary N) is 1. The number of amides is 1. The minimum absolute atomic E-state index is 0.162. The number of nitrogens with zero attached hydrogens (tertiary/aromatic N) is 5. The van der Waals surface area contributed by atoms with Crippen LogP contribution in [0.15, 0.2) is 52.2 Å². The second-order valence-corrected chi connectivity index (χ2v) is 7.36. The molecule has 0 saturated carbocycles. The molecule has 1 amide bonds. The van der Waals surface area contributed by atoms with Gasteiger partial charge in [0.2, 0.25) is 5.91 Å². The molecule has 0 aliphatic heterocycles. The number of benzene rings is 1. The van der Waals surface area contributed by atoms with Gasteiger partial charge in [-0.15, -0.1) is 5.10 Å². The molecule has 0 saturated heterocycles. The highest BCUT2D eigenvalue weighted by molar-refractivity contribution is 9.10. The third kappa shape index (κ3) is 3.40. The lowest BCUT2D eigenvalue weighted by Crippen LogP contribution is -2.15. The number of thioether (sulfide) groups is 1. The Bertz CT molecular complexity index is 1110. The summed E-state index contributed by atoms with van der Waals surface area (Å²) in [4.78, 5) is 25.5. The second-order valence-electron chi connectivity index (χ2n) is 5.50. The van der Waals surface area contributed by atoms with Gasteiger partial charge < -0.3 is 5.32 Å². The SMILES string of the molecule is Cc1nc2c3ccccc3nc(SCC(=O)Nc3ccc(Br)cn3)n2n1. The van der Waals surface area contributed by atoms with Crippen LogP contribution in [0.2, 0.25) is 0 Å². The molecule has 0 unspecified atom stereocenters. The van der Waals surface area contributed by atoms with Gasteiger partial charge in [0.1, 0.15) is 11.6 Å². The summed E-state index contributed by atoms with van der Waals surface area (Å²) in [5.41, 5.74) is 1.57. The van der Waals surface area contributed by atoms with Crippen molar-refractivity contribution in [3.8, 4) is 0 Å². The van der Waals surface area contributed by atoms with E-state index in [0.29, 0.717) is 16.8 Å². The van der Waals surface area contributed by atoms with Gasteiger partial charge in [0.25, 0.3) is 0 Å². The number of anilines is 1. The van der Waals surface area contributed by atoms with Gasteiger partial charge in [0, 0.05) is 16.1 Å².